The molecule has 2 aliphatic rings. The molecule has 0 N–H and O–H groups in total. The Balaban J connectivity index is 0.000000176. The van der Waals surface area contributed by atoms with E-state index in [9.17, 15) is 0 Å². The first-order chi connectivity index (χ1) is 43.0. The average molecular weight is 1200 g/mol. The predicted molar refractivity (Wildman–Crippen MR) is 381 cm³/mol. The summed E-state index contributed by atoms with van der Waals surface area (Å²) in [7, 11) is 8.51. The predicted octanol–water partition coefficient (Wildman–Crippen LogP) is 20.4. The molecule has 0 fully saturated rings. The molecule has 0 spiro atoms. The zero-order chi connectivity index (χ0) is 69.4. The average Bonchev–Trinajstić information content (AvgIpc) is 0.759. The summed E-state index contributed by atoms with van der Waals surface area (Å²) < 4.78 is 40.7. The molecule has 89 heavy (non-hydrogen) atoms. The maximum atomic E-state index is 9.01. The molecule has 4 heteroatoms. The van der Waals surface area contributed by atoms with E-state index in [1.54, 1.807) is 12.1 Å². The number of aromatic nitrogens is 4. The van der Waals surface area contributed by atoms with Crippen molar-refractivity contribution in [1.82, 2.24) is 0 Å². The van der Waals surface area contributed by atoms with Crippen molar-refractivity contribution in [3.8, 4) is 45.0 Å². The highest BCUT2D eigenvalue weighted by atomic mass is 14.9. The van der Waals surface area contributed by atoms with Crippen LogP contribution in [-0.4, -0.2) is 0 Å². The van der Waals surface area contributed by atoms with Gasteiger partial charge in [-0.2, -0.15) is 0 Å². The Morgan fingerprint density at radius 2 is 0.685 bits per heavy atom. The summed E-state index contributed by atoms with van der Waals surface area (Å²) in [5.41, 5.74) is 27.5. The minimum Gasteiger partial charge on any atom is -0.201 e. The van der Waals surface area contributed by atoms with Crippen LogP contribution in [0.15, 0.2) is 140 Å². The first-order valence-electron chi connectivity index (χ1n) is 35.5. The van der Waals surface area contributed by atoms with Crippen LogP contribution in [0.2, 0.25) is 0 Å². The molecule has 4 nitrogen and oxygen atoms in total. The van der Waals surface area contributed by atoms with Crippen LogP contribution in [0.4, 0.5) is 0 Å². The third kappa shape index (κ3) is 16.0. The lowest BCUT2D eigenvalue weighted by atomic mass is 9.63. The Morgan fingerprint density at radius 1 is 0.348 bits per heavy atom. The molecule has 0 bridgehead atoms. The quantitative estimate of drug-likeness (QED) is 0.121. The van der Waals surface area contributed by atoms with Gasteiger partial charge in [-0.1, -0.05) is 182 Å². The van der Waals surface area contributed by atoms with E-state index in [4.69, 9.17) is 5.48 Å². The van der Waals surface area contributed by atoms with Crippen molar-refractivity contribution >= 4 is 0 Å². The smallest absolute Gasteiger partial charge is 0.201 e. The Labute approximate surface area is 548 Å². The summed E-state index contributed by atoms with van der Waals surface area (Å²) in [6.45, 7) is 47.6. The van der Waals surface area contributed by atoms with E-state index in [0.29, 0.717) is 23.3 Å². The van der Waals surface area contributed by atoms with Gasteiger partial charge >= 0.3 is 0 Å². The van der Waals surface area contributed by atoms with Crippen LogP contribution in [0.3, 0.4) is 0 Å². The highest BCUT2D eigenvalue weighted by Gasteiger charge is 2.41. The molecular formula is C85H118N4+4. The van der Waals surface area contributed by atoms with Gasteiger partial charge in [0, 0.05) is 74.3 Å². The van der Waals surface area contributed by atoms with Gasteiger partial charge in [0.2, 0.25) is 22.8 Å². The number of pyridine rings is 4. The van der Waals surface area contributed by atoms with Crippen LogP contribution < -0.4 is 18.3 Å². The van der Waals surface area contributed by atoms with Crippen LogP contribution in [0, 0.1) is 72.1 Å². The molecule has 4 aromatic heterocycles. The topological polar surface area (TPSA) is 15.5 Å². The number of aryl methyl sites for hydroxylation is 11. The van der Waals surface area contributed by atoms with Crippen molar-refractivity contribution in [3.63, 3.8) is 0 Å². The van der Waals surface area contributed by atoms with E-state index in [2.05, 4.69) is 284 Å². The minimum absolute atomic E-state index is 0.202. The minimum atomic E-state index is -2.09. The van der Waals surface area contributed by atoms with E-state index in [0.717, 1.165) is 22.4 Å². The van der Waals surface area contributed by atoms with E-state index in [1.165, 1.54) is 115 Å². The second-order valence-electron chi connectivity index (χ2n) is 30.9. The van der Waals surface area contributed by atoms with Crippen LogP contribution in [-0.2, 0) is 49.9 Å². The maximum absolute atomic E-state index is 9.01. The van der Waals surface area contributed by atoms with Gasteiger partial charge in [0.1, 0.15) is 28.2 Å². The molecule has 0 radical (unpaired) electrons. The summed E-state index contributed by atoms with van der Waals surface area (Å²) in [5, 5.41) is 0. The van der Waals surface area contributed by atoms with Gasteiger partial charge in [-0.15, -0.1) is 0 Å². The zero-order valence-electron chi connectivity index (χ0n) is 64.3. The van der Waals surface area contributed by atoms with Crippen LogP contribution in [0.1, 0.15) is 226 Å². The van der Waals surface area contributed by atoms with Gasteiger partial charge in [0.05, 0.1) is 0 Å². The number of hydrogen-bond acceptors (Lipinski definition) is 0. The molecule has 474 valence electrons. The Kier molecular flexibility index (Phi) is 20.1. The Morgan fingerprint density at radius 3 is 1.06 bits per heavy atom. The van der Waals surface area contributed by atoms with E-state index in [1.807, 2.05) is 42.9 Å². The SMILES string of the molecule is Cc1ccc(-c2cc3c(c[n+]2C)C(C)(C)CCC3(C)C)c(C)c1.Cc1ccc(-c2ccc(C(C(C)C)C(C)C)c[n+]2C)c(C)c1.Cc1ccccc1-c1cc2c(c[n+]1C)C(C)(C)CCC2(C)C.[2H]C([2H])([2H])c1ccc(-c2ccc(C([2H])(C(C)C)C(C)C)c[n+]2C)c(C)c1. The molecule has 0 amide bonds. The van der Waals surface area contributed by atoms with E-state index in [-0.39, 0.29) is 33.5 Å². The molecule has 8 aromatic rings. The number of nitrogens with zero attached hydrogens (tertiary/aromatic N) is 4. The van der Waals surface area contributed by atoms with Gasteiger partial charge in [0.25, 0.3) is 0 Å². The molecule has 4 aromatic carbocycles. The van der Waals surface area contributed by atoms with Crippen molar-refractivity contribution in [3.05, 3.63) is 212 Å². The third-order valence-corrected chi connectivity index (χ3v) is 20.1. The van der Waals surface area contributed by atoms with Crippen molar-refractivity contribution in [2.45, 2.75) is 218 Å². The molecule has 0 unspecified atom stereocenters. The fourth-order valence-corrected chi connectivity index (χ4v) is 14.9. The lowest BCUT2D eigenvalue weighted by molar-refractivity contribution is -0.661. The molecule has 4 heterocycles. The summed E-state index contributed by atoms with van der Waals surface area (Å²) in [5.74, 6) is 1.69. The van der Waals surface area contributed by atoms with Crippen LogP contribution >= 0.6 is 0 Å². The zero-order valence-corrected chi connectivity index (χ0v) is 60.3. The molecule has 2 aliphatic carbocycles. The summed E-state index contributed by atoms with van der Waals surface area (Å²) >= 11 is 0. The summed E-state index contributed by atoms with van der Waals surface area (Å²) in [4.78, 5) is 0. The standard InChI is InChI=1S/C22H30N.C21H28N.2C21H30N/c1-15-8-9-17(16(2)12-15)20-13-18-19(14-23(20)7)22(5,6)11-10-21(18,3)4;1-15-9-7-8-10-16(15)19-13-17-18(14-22(19)6)21(4,5)12-11-20(17,2)3;2*1-14(2)21(15(3)4)18-9-11-20(22(7)13-18)19-10-8-16(5)12-17(19)6/h8-9,12-14H,10-11H2,1-7H3;7-10,13-14H,11-12H2,1-6H3;2*8-15,21H,1-7H3/q4*+1/i;;5D3,21D;. The highest BCUT2D eigenvalue weighted by molar-refractivity contribution is 5.66. The monoisotopic (exact) mass is 1200 g/mol. The summed E-state index contributed by atoms with van der Waals surface area (Å²) in [6.07, 6.45) is 14.1. The fraction of sp³-hybridized carbons (Fsp3) is 0.482. The second kappa shape index (κ2) is 27.9. The number of rotatable bonds is 10. The van der Waals surface area contributed by atoms with Crippen LogP contribution in [0.5, 0.6) is 0 Å². The second-order valence-corrected chi connectivity index (χ2v) is 30.9. The highest BCUT2D eigenvalue weighted by Crippen LogP contribution is 2.48. The van der Waals surface area contributed by atoms with Gasteiger partial charge < -0.3 is 0 Å². The molecule has 0 atom stereocenters. The van der Waals surface area contributed by atoms with E-state index >= 15 is 0 Å². The molecule has 0 saturated carbocycles. The molecule has 0 aliphatic heterocycles. The van der Waals surface area contributed by atoms with E-state index < -0.39 is 12.7 Å². The molecule has 10 rings (SSSR count). The lowest BCUT2D eigenvalue weighted by Crippen LogP contribution is -2.40. The molecule has 0 saturated heterocycles. The van der Waals surface area contributed by atoms with Gasteiger partial charge in [-0.3, -0.25) is 0 Å². The van der Waals surface area contributed by atoms with Crippen molar-refractivity contribution in [1.29, 1.82) is 0 Å². The van der Waals surface area contributed by atoms with Crippen molar-refractivity contribution in [2.75, 3.05) is 0 Å². The Bertz CT molecular complexity index is 3950. The van der Waals surface area contributed by atoms with Gasteiger partial charge in [-0.05, 0) is 201 Å². The molecular weight excluding hydrogens is 1080 g/mol. The maximum Gasteiger partial charge on any atom is 0.212 e. The first kappa shape index (κ1) is 64.0. The van der Waals surface area contributed by atoms with Gasteiger partial charge in [-0.25, -0.2) is 18.3 Å². The van der Waals surface area contributed by atoms with Crippen molar-refractivity contribution in [2.24, 2.45) is 51.9 Å². The van der Waals surface area contributed by atoms with Crippen LogP contribution in [0.25, 0.3) is 45.0 Å². The largest absolute Gasteiger partial charge is 0.212 e. The third-order valence-electron chi connectivity index (χ3n) is 20.1. The van der Waals surface area contributed by atoms with Gasteiger partial charge in [0.15, 0.2) is 24.8 Å². The number of benzene rings is 4. The lowest BCUT2D eigenvalue weighted by Gasteiger charge is -2.40. The van der Waals surface area contributed by atoms with Crippen molar-refractivity contribution < 1.29 is 23.8 Å². The number of hydrogen-bond donors (Lipinski definition) is 0. The Hall–Kier alpha value is -6.52. The summed E-state index contributed by atoms with van der Waals surface area (Å²) in [6, 6.07) is 41.0. The normalized spacial score (nSPS) is 16.2. The first-order valence-corrected chi connectivity index (χ1v) is 33.5. The fourth-order valence-electron chi connectivity index (χ4n) is 14.9. The number of fused-ring (bicyclic) bond motifs is 2.